The fraction of sp³-hybridized carbons (Fsp3) is 0.733. The molecule has 104 valence electrons. The fourth-order valence-electron chi connectivity index (χ4n) is 1.59. The zero-order valence-electron chi connectivity index (χ0n) is 11.5. The zero-order chi connectivity index (χ0) is 13.5. The fourth-order valence-corrected chi connectivity index (χ4v) is 1.59. The van der Waals surface area contributed by atoms with Gasteiger partial charge in [0.25, 0.3) is 0 Å². The zero-order valence-corrected chi connectivity index (χ0v) is 11.5. The van der Waals surface area contributed by atoms with Crippen LogP contribution in [0, 0.1) is 0 Å². The van der Waals surface area contributed by atoms with E-state index in [-0.39, 0.29) is 5.97 Å². The summed E-state index contributed by atoms with van der Waals surface area (Å²) < 4.78 is 5.04. The Balaban J connectivity index is 3.28. The largest absolute Gasteiger partial charge is 0.461 e. The van der Waals surface area contributed by atoms with Crippen LogP contribution < -0.4 is 0 Å². The average Bonchev–Trinajstić information content (AvgIpc) is 2.38. The van der Waals surface area contributed by atoms with E-state index in [1.54, 1.807) is 0 Å². The Morgan fingerprint density at radius 1 is 1.00 bits per heavy atom. The average molecular weight is 254 g/mol. The lowest BCUT2D eigenvalue weighted by Gasteiger charge is -2.00. The molecule has 3 nitrogen and oxygen atoms in total. The first-order chi connectivity index (χ1) is 8.81. The molecule has 0 heterocycles. The Labute approximate surface area is 111 Å². The molecule has 0 atom stereocenters. The number of unbranched alkanes of at least 4 members (excludes halogenated alkanes) is 6. The predicted molar refractivity (Wildman–Crippen MR) is 73.4 cm³/mol. The van der Waals surface area contributed by atoms with Gasteiger partial charge in [0.2, 0.25) is 0 Å². The summed E-state index contributed by atoms with van der Waals surface area (Å²) in [5.41, 5.74) is 0. The highest BCUT2D eigenvalue weighted by Crippen LogP contribution is 2.03. The smallest absolute Gasteiger partial charge is 0.306 e. The van der Waals surface area contributed by atoms with Gasteiger partial charge in [0.1, 0.15) is 12.9 Å². The molecular formula is C15H26O3. The van der Waals surface area contributed by atoms with Crippen LogP contribution in [-0.4, -0.2) is 18.9 Å². The molecule has 0 aromatic heterocycles. The maximum atomic E-state index is 11.2. The monoisotopic (exact) mass is 254 g/mol. The Hall–Kier alpha value is -1.12. The minimum atomic E-state index is -0.170. The molecule has 0 saturated carbocycles. The topological polar surface area (TPSA) is 43.4 Å². The SMILES string of the molecule is CCCCCC/C=C\COC(=O)CCCCC=O. The Kier molecular flexibility index (Phi) is 13.1. The Morgan fingerprint density at radius 2 is 1.78 bits per heavy atom. The van der Waals surface area contributed by atoms with Gasteiger partial charge in [-0.3, -0.25) is 4.79 Å². The number of ether oxygens (including phenoxy) is 1. The van der Waals surface area contributed by atoms with Crippen molar-refractivity contribution in [1.29, 1.82) is 0 Å². The van der Waals surface area contributed by atoms with Crippen LogP contribution in [0.4, 0.5) is 0 Å². The molecule has 0 aromatic carbocycles. The summed E-state index contributed by atoms with van der Waals surface area (Å²) in [6.45, 7) is 2.57. The van der Waals surface area contributed by atoms with Gasteiger partial charge in [0.15, 0.2) is 0 Å². The number of esters is 1. The molecule has 0 radical (unpaired) electrons. The standard InChI is InChI=1S/C15H26O3/c1-2-3-4-5-6-7-11-14-18-15(17)12-9-8-10-13-16/h7,11,13H,2-6,8-10,12,14H2,1H3/b11-7-. The number of hydrogen-bond donors (Lipinski definition) is 0. The van der Waals surface area contributed by atoms with E-state index in [1.165, 1.54) is 25.7 Å². The lowest BCUT2D eigenvalue weighted by molar-refractivity contribution is -0.142. The summed E-state index contributed by atoms with van der Waals surface area (Å²) in [6, 6.07) is 0. The van der Waals surface area contributed by atoms with Gasteiger partial charge >= 0.3 is 5.97 Å². The predicted octanol–water partition coefficient (Wildman–Crippen LogP) is 3.82. The van der Waals surface area contributed by atoms with Gasteiger partial charge in [0, 0.05) is 12.8 Å². The molecule has 0 saturated heterocycles. The van der Waals surface area contributed by atoms with Gasteiger partial charge in [-0.05, 0) is 25.7 Å². The van der Waals surface area contributed by atoms with E-state index in [2.05, 4.69) is 13.0 Å². The summed E-state index contributed by atoms with van der Waals surface area (Å²) in [5, 5.41) is 0. The van der Waals surface area contributed by atoms with Crippen molar-refractivity contribution in [3.05, 3.63) is 12.2 Å². The van der Waals surface area contributed by atoms with Crippen LogP contribution in [0.15, 0.2) is 12.2 Å². The Morgan fingerprint density at radius 3 is 2.50 bits per heavy atom. The summed E-state index contributed by atoms with van der Waals surface area (Å²) in [7, 11) is 0. The molecule has 0 aliphatic heterocycles. The second-order valence-corrected chi connectivity index (χ2v) is 4.42. The maximum Gasteiger partial charge on any atom is 0.306 e. The number of carbonyl (C=O) groups is 2. The van der Waals surface area contributed by atoms with E-state index >= 15 is 0 Å². The normalized spacial score (nSPS) is 10.7. The van der Waals surface area contributed by atoms with Crippen molar-refractivity contribution in [2.24, 2.45) is 0 Å². The highest BCUT2D eigenvalue weighted by molar-refractivity contribution is 5.69. The Bertz CT molecular complexity index is 234. The molecule has 0 rings (SSSR count). The second kappa shape index (κ2) is 13.9. The van der Waals surface area contributed by atoms with Crippen LogP contribution in [0.2, 0.25) is 0 Å². The molecule has 0 spiro atoms. The lowest BCUT2D eigenvalue weighted by Crippen LogP contribution is -2.04. The highest BCUT2D eigenvalue weighted by Gasteiger charge is 2.00. The summed E-state index contributed by atoms with van der Waals surface area (Å²) >= 11 is 0. The molecule has 3 heteroatoms. The van der Waals surface area contributed by atoms with Crippen molar-refractivity contribution in [3.8, 4) is 0 Å². The van der Waals surface area contributed by atoms with Crippen LogP contribution >= 0.6 is 0 Å². The van der Waals surface area contributed by atoms with Crippen molar-refractivity contribution in [2.45, 2.75) is 64.7 Å². The van der Waals surface area contributed by atoms with Gasteiger partial charge in [-0.1, -0.05) is 38.3 Å². The van der Waals surface area contributed by atoms with Gasteiger partial charge in [-0.2, -0.15) is 0 Å². The third kappa shape index (κ3) is 12.9. The number of carbonyl (C=O) groups excluding carboxylic acids is 2. The van der Waals surface area contributed by atoms with Crippen LogP contribution in [0.3, 0.4) is 0 Å². The molecule has 0 unspecified atom stereocenters. The van der Waals surface area contributed by atoms with Crippen LogP contribution in [0.5, 0.6) is 0 Å². The van der Waals surface area contributed by atoms with Gasteiger partial charge in [-0.15, -0.1) is 0 Å². The minimum Gasteiger partial charge on any atom is -0.461 e. The number of rotatable bonds is 12. The molecule has 0 N–H and O–H groups in total. The second-order valence-electron chi connectivity index (χ2n) is 4.42. The molecule has 18 heavy (non-hydrogen) atoms. The molecular weight excluding hydrogens is 228 g/mol. The first-order valence-electron chi connectivity index (χ1n) is 7.05. The van der Waals surface area contributed by atoms with E-state index in [4.69, 9.17) is 4.74 Å². The van der Waals surface area contributed by atoms with Crippen molar-refractivity contribution < 1.29 is 14.3 Å². The first kappa shape index (κ1) is 16.9. The first-order valence-corrected chi connectivity index (χ1v) is 7.05. The number of allylic oxidation sites excluding steroid dienone is 1. The van der Waals surface area contributed by atoms with Crippen molar-refractivity contribution >= 4 is 12.3 Å². The van der Waals surface area contributed by atoms with Gasteiger partial charge in [-0.25, -0.2) is 0 Å². The lowest BCUT2D eigenvalue weighted by atomic mass is 10.1. The van der Waals surface area contributed by atoms with Gasteiger partial charge < -0.3 is 9.53 Å². The van der Waals surface area contributed by atoms with E-state index in [0.717, 1.165) is 25.5 Å². The van der Waals surface area contributed by atoms with E-state index in [1.807, 2.05) is 6.08 Å². The van der Waals surface area contributed by atoms with Crippen molar-refractivity contribution in [1.82, 2.24) is 0 Å². The summed E-state index contributed by atoms with van der Waals surface area (Å²) in [4.78, 5) is 21.3. The quantitative estimate of drug-likeness (QED) is 0.230. The van der Waals surface area contributed by atoms with Crippen molar-refractivity contribution in [2.75, 3.05) is 6.61 Å². The molecule has 0 bridgehead atoms. The highest BCUT2D eigenvalue weighted by atomic mass is 16.5. The molecule has 0 amide bonds. The molecule has 0 fully saturated rings. The van der Waals surface area contributed by atoms with E-state index in [0.29, 0.717) is 19.4 Å². The maximum absolute atomic E-state index is 11.2. The van der Waals surface area contributed by atoms with E-state index < -0.39 is 0 Å². The summed E-state index contributed by atoms with van der Waals surface area (Å²) in [6.07, 6.45) is 13.4. The molecule has 0 aliphatic rings. The van der Waals surface area contributed by atoms with E-state index in [9.17, 15) is 9.59 Å². The molecule has 0 aromatic rings. The van der Waals surface area contributed by atoms with Gasteiger partial charge in [0.05, 0.1) is 0 Å². The summed E-state index contributed by atoms with van der Waals surface area (Å²) in [5.74, 6) is -0.170. The number of aldehydes is 1. The van der Waals surface area contributed by atoms with Crippen molar-refractivity contribution in [3.63, 3.8) is 0 Å². The minimum absolute atomic E-state index is 0.170. The van der Waals surface area contributed by atoms with Crippen LogP contribution in [-0.2, 0) is 14.3 Å². The van der Waals surface area contributed by atoms with Crippen LogP contribution in [0.25, 0.3) is 0 Å². The van der Waals surface area contributed by atoms with Crippen LogP contribution in [0.1, 0.15) is 64.7 Å². The third-order valence-corrected chi connectivity index (χ3v) is 2.68. The molecule has 0 aliphatic carbocycles. The third-order valence-electron chi connectivity index (χ3n) is 2.68. The number of hydrogen-bond acceptors (Lipinski definition) is 3.